The molecule has 4 nitrogen and oxygen atoms in total. The van der Waals surface area contributed by atoms with E-state index in [1.807, 2.05) is 13.0 Å². The predicted molar refractivity (Wildman–Crippen MR) is 71.2 cm³/mol. The lowest BCUT2D eigenvalue weighted by Crippen LogP contribution is -1.99. The highest BCUT2D eigenvalue weighted by Crippen LogP contribution is 2.30. The smallest absolute Gasteiger partial charge is 0.228 e. The van der Waals surface area contributed by atoms with Crippen molar-refractivity contribution in [3.05, 3.63) is 45.7 Å². The maximum absolute atomic E-state index is 8.75. The molecular weight excluding hydrogens is 271 g/mol. The number of nitrogens with zero attached hydrogens (tertiary/aromatic N) is 3. The van der Waals surface area contributed by atoms with E-state index < -0.39 is 0 Å². The van der Waals surface area contributed by atoms with Crippen LogP contribution in [0.15, 0.2) is 24.4 Å². The van der Waals surface area contributed by atoms with Crippen LogP contribution >= 0.6 is 23.2 Å². The summed E-state index contributed by atoms with van der Waals surface area (Å²) in [6.07, 6.45) is 1.50. The monoisotopic (exact) mass is 278 g/mol. The van der Waals surface area contributed by atoms with Crippen molar-refractivity contribution in [2.24, 2.45) is 0 Å². The SMILES string of the molecule is Cc1cc(Cl)c(Nc2nccc(C#N)n2)cc1Cl. The van der Waals surface area contributed by atoms with Gasteiger partial charge in [0, 0.05) is 11.2 Å². The van der Waals surface area contributed by atoms with Crippen molar-refractivity contribution in [2.75, 3.05) is 5.32 Å². The molecule has 0 saturated carbocycles. The van der Waals surface area contributed by atoms with Crippen LogP contribution in [0.3, 0.4) is 0 Å². The van der Waals surface area contributed by atoms with E-state index >= 15 is 0 Å². The number of nitriles is 1. The number of hydrogen-bond donors (Lipinski definition) is 1. The molecule has 0 radical (unpaired) electrons. The summed E-state index contributed by atoms with van der Waals surface area (Å²) in [5.74, 6) is 0.302. The molecule has 0 fully saturated rings. The second kappa shape index (κ2) is 5.21. The van der Waals surface area contributed by atoms with E-state index in [9.17, 15) is 0 Å². The number of anilines is 2. The van der Waals surface area contributed by atoms with E-state index in [4.69, 9.17) is 28.5 Å². The molecule has 2 rings (SSSR count). The zero-order valence-electron chi connectivity index (χ0n) is 9.41. The van der Waals surface area contributed by atoms with Crippen molar-refractivity contribution in [1.29, 1.82) is 5.26 Å². The Bertz CT molecular complexity index is 634. The first kappa shape index (κ1) is 12.6. The lowest BCUT2D eigenvalue weighted by molar-refractivity contribution is 1.14. The Morgan fingerprint density at radius 3 is 2.78 bits per heavy atom. The first-order valence-corrected chi connectivity index (χ1v) is 5.81. The van der Waals surface area contributed by atoms with E-state index in [0.29, 0.717) is 21.7 Å². The number of hydrogen-bond acceptors (Lipinski definition) is 4. The summed E-state index contributed by atoms with van der Waals surface area (Å²) in [5, 5.41) is 12.8. The molecule has 0 aliphatic heterocycles. The predicted octanol–water partition coefficient (Wildman–Crippen LogP) is 3.71. The van der Waals surface area contributed by atoms with Gasteiger partial charge in [-0.25, -0.2) is 9.97 Å². The van der Waals surface area contributed by atoms with Gasteiger partial charge in [0.2, 0.25) is 5.95 Å². The zero-order valence-corrected chi connectivity index (χ0v) is 10.9. The van der Waals surface area contributed by atoms with E-state index in [0.717, 1.165) is 5.56 Å². The van der Waals surface area contributed by atoms with Gasteiger partial charge in [-0.2, -0.15) is 5.26 Å². The zero-order chi connectivity index (χ0) is 13.1. The minimum Gasteiger partial charge on any atom is -0.323 e. The van der Waals surface area contributed by atoms with Crippen molar-refractivity contribution < 1.29 is 0 Å². The first-order valence-electron chi connectivity index (χ1n) is 5.06. The fourth-order valence-corrected chi connectivity index (χ4v) is 1.77. The van der Waals surface area contributed by atoms with Crippen LogP contribution in [0, 0.1) is 18.3 Å². The van der Waals surface area contributed by atoms with Crippen LogP contribution < -0.4 is 5.32 Å². The minimum atomic E-state index is 0.279. The summed E-state index contributed by atoms with van der Waals surface area (Å²) in [5.41, 5.74) is 1.77. The van der Waals surface area contributed by atoms with Crippen molar-refractivity contribution in [3.63, 3.8) is 0 Å². The average Bonchev–Trinajstić information content (AvgIpc) is 2.36. The Kier molecular flexibility index (Phi) is 3.66. The molecule has 1 aromatic heterocycles. The summed E-state index contributed by atoms with van der Waals surface area (Å²) in [4.78, 5) is 8.00. The lowest BCUT2D eigenvalue weighted by Gasteiger charge is -2.08. The van der Waals surface area contributed by atoms with Crippen molar-refractivity contribution in [3.8, 4) is 6.07 Å². The second-order valence-corrected chi connectivity index (χ2v) is 4.40. The summed E-state index contributed by atoms with van der Waals surface area (Å²) in [6, 6.07) is 6.91. The largest absolute Gasteiger partial charge is 0.323 e. The minimum absolute atomic E-state index is 0.279. The summed E-state index contributed by atoms with van der Waals surface area (Å²) in [6.45, 7) is 1.87. The molecule has 1 N–H and O–H groups in total. The second-order valence-electron chi connectivity index (χ2n) is 3.58. The molecule has 0 saturated heterocycles. The molecule has 0 bridgehead atoms. The van der Waals surface area contributed by atoms with Gasteiger partial charge in [0.15, 0.2) is 0 Å². The third-order valence-corrected chi connectivity index (χ3v) is 2.98. The Morgan fingerprint density at radius 1 is 1.28 bits per heavy atom. The highest BCUT2D eigenvalue weighted by molar-refractivity contribution is 6.35. The van der Waals surface area contributed by atoms with Crippen LogP contribution in [-0.4, -0.2) is 9.97 Å². The Morgan fingerprint density at radius 2 is 2.06 bits per heavy atom. The molecule has 0 aliphatic carbocycles. The van der Waals surface area contributed by atoms with Gasteiger partial charge in [0.1, 0.15) is 11.8 Å². The molecule has 1 aromatic carbocycles. The molecule has 0 spiro atoms. The van der Waals surface area contributed by atoms with Gasteiger partial charge < -0.3 is 5.32 Å². The molecule has 0 unspecified atom stereocenters. The molecule has 90 valence electrons. The highest BCUT2D eigenvalue weighted by Gasteiger charge is 2.06. The van der Waals surface area contributed by atoms with Gasteiger partial charge in [-0.1, -0.05) is 23.2 Å². The maximum Gasteiger partial charge on any atom is 0.228 e. The van der Waals surface area contributed by atoms with Gasteiger partial charge in [-0.3, -0.25) is 0 Å². The maximum atomic E-state index is 8.75. The molecule has 6 heteroatoms. The summed E-state index contributed by atoms with van der Waals surface area (Å²) >= 11 is 12.1. The number of nitrogens with one attached hydrogen (secondary N) is 1. The molecule has 0 amide bonds. The molecule has 1 heterocycles. The third kappa shape index (κ3) is 2.70. The van der Waals surface area contributed by atoms with E-state index in [1.54, 1.807) is 12.1 Å². The molecule has 0 atom stereocenters. The van der Waals surface area contributed by atoms with Gasteiger partial charge in [0.05, 0.1) is 10.7 Å². The standard InChI is InChI=1S/C12H8Cl2N4/c1-7-4-10(14)11(5-9(7)13)18-12-16-3-2-8(6-15)17-12/h2-5H,1H3,(H,16,17,18). The van der Waals surface area contributed by atoms with E-state index in [1.165, 1.54) is 12.3 Å². The summed E-state index contributed by atoms with van der Waals surface area (Å²) in [7, 11) is 0. The molecular formula is C12H8Cl2N4. The molecule has 18 heavy (non-hydrogen) atoms. The molecule has 0 aliphatic rings. The quantitative estimate of drug-likeness (QED) is 0.910. The van der Waals surface area contributed by atoms with Gasteiger partial charge in [-0.05, 0) is 30.7 Å². The fraction of sp³-hybridized carbons (Fsp3) is 0.0833. The van der Waals surface area contributed by atoms with Crippen molar-refractivity contribution in [1.82, 2.24) is 9.97 Å². The topological polar surface area (TPSA) is 61.6 Å². The van der Waals surface area contributed by atoms with Crippen LogP contribution in [0.2, 0.25) is 10.0 Å². The van der Waals surface area contributed by atoms with E-state index in [2.05, 4.69) is 15.3 Å². The van der Waals surface area contributed by atoms with Crippen LogP contribution in [0.5, 0.6) is 0 Å². The van der Waals surface area contributed by atoms with Crippen LogP contribution in [0.4, 0.5) is 11.6 Å². The van der Waals surface area contributed by atoms with Crippen LogP contribution in [0.1, 0.15) is 11.3 Å². The first-order chi connectivity index (χ1) is 8.60. The Labute approximate surface area is 114 Å². The van der Waals surface area contributed by atoms with Crippen molar-refractivity contribution in [2.45, 2.75) is 6.92 Å². The number of aryl methyl sites for hydroxylation is 1. The van der Waals surface area contributed by atoms with Gasteiger partial charge in [-0.15, -0.1) is 0 Å². The normalized spacial score (nSPS) is 9.89. The van der Waals surface area contributed by atoms with Crippen molar-refractivity contribution >= 4 is 34.8 Å². The number of aromatic nitrogens is 2. The van der Waals surface area contributed by atoms with E-state index in [-0.39, 0.29) is 5.69 Å². The third-order valence-electron chi connectivity index (χ3n) is 2.26. The number of halogens is 2. The van der Waals surface area contributed by atoms with Crippen LogP contribution in [0.25, 0.3) is 0 Å². The van der Waals surface area contributed by atoms with Gasteiger partial charge >= 0.3 is 0 Å². The Hall–Kier alpha value is -1.83. The molecule has 2 aromatic rings. The van der Waals surface area contributed by atoms with Crippen LogP contribution in [-0.2, 0) is 0 Å². The number of benzene rings is 1. The fourth-order valence-electron chi connectivity index (χ4n) is 1.34. The Balaban J connectivity index is 2.34. The van der Waals surface area contributed by atoms with Gasteiger partial charge in [0.25, 0.3) is 0 Å². The summed E-state index contributed by atoms with van der Waals surface area (Å²) < 4.78 is 0. The average molecular weight is 279 g/mol. The lowest BCUT2D eigenvalue weighted by atomic mass is 10.2. The number of rotatable bonds is 2. The highest BCUT2D eigenvalue weighted by atomic mass is 35.5.